The summed E-state index contributed by atoms with van der Waals surface area (Å²) in [4.78, 5) is 23.7. The van der Waals surface area contributed by atoms with Crippen LogP contribution in [0.25, 0.3) is 28.3 Å². The van der Waals surface area contributed by atoms with Crippen LogP contribution in [-0.4, -0.2) is 123 Å². The van der Waals surface area contributed by atoms with E-state index in [1.54, 1.807) is 7.05 Å². The van der Waals surface area contributed by atoms with Crippen LogP contribution < -0.4 is 29.9 Å². The zero-order valence-corrected chi connectivity index (χ0v) is 35.5. The first-order chi connectivity index (χ1) is 29.2. The molecule has 0 bridgehead atoms. The van der Waals surface area contributed by atoms with Gasteiger partial charge in [0.1, 0.15) is 48.6 Å². The van der Waals surface area contributed by atoms with E-state index in [9.17, 15) is 10.2 Å². The van der Waals surface area contributed by atoms with Gasteiger partial charge in [-0.15, -0.1) is 0 Å². The third-order valence-electron chi connectivity index (χ3n) is 10.8. The molecule has 3 aliphatic rings. The highest BCUT2D eigenvalue weighted by Gasteiger charge is 2.28. The van der Waals surface area contributed by atoms with E-state index < -0.39 is 12.2 Å². The molecule has 0 amide bonds. The minimum Gasteiger partial charge on any atom is -0.491 e. The molecule has 2 aliphatic carbocycles. The van der Waals surface area contributed by atoms with E-state index in [2.05, 4.69) is 40.8 Å². The zero-order valence-electron chi connectivity index (χ0n) is 35.5. The Morgan fingerprint density at radius 3 is 2.00 bits per heavy atom. The van der Waals surface area contributed by atoms with Gasteiger partial charge in [0.05, 0.1) is 18.2 Å². The predicted octanol–water partition coefficient (Wildman–Crippen LogP) is 5.62. The average Bonchev–Trinajstić information content (AvgIpc) is 4.00. The molecule has 2 aromatic heterocycles. The van der Waals surface area contributed by atoms with Crippen LogP contribution in [0.5, 0.6) is 11.5 Å². The molecule has 3 heterocycles. The van der Waals surface area contributed by atoms with E-state index in [0.29, 0.717) is 55.3 Å². The molecular formula is C46H61N9O5. The smallest absolute Gasteiger partial charge is 0.162 e. The van der Waals surface area contributed by atoms with Gasteiger partial charge in [0, 0.05) is 87.9 Å². The molecule has 1 saturated heterocycles. The van der Waals surface area contributed by atoms with Gasteiger partial charge in [0.15, 0.2) is 11.6 Å². The second kappa shape index (κ2) is 22.4. The molecule has 320 valence electrons. The Balaban J connectivity index is 0.000000201. The number of nitriles is 1. The molecule has 14 nitrogen and oxygen atoms in total. The van der Waals surface area contributed by atoms with Gasteiger partial charge in [-0.3, -0.25) is 0 Å². The number of likely N-dealkylation sites (N-methyl/N-ethyl adjacent to an activating group) is 2. The number of aromatic nitrogens is 4. The number of anilines is 2. The largest absolute Gasteiger partial charge is 0.491 e. The Labute approximate surface area is 354 Å². The molecule has 0 spiro atoms. The highest BCUT2D eigenvalue weighted by Crippen LogP contribution is 2.41. The summed E-state index contributed by atoms with van der Waals surface area (Å²) in [5, 5.41) is 34.6. The van der Waals surface area contributed by atoms with E-state index in [1.807, 2.05) is 73.6 Å². The second-order valence-electron chi connectivity index (χ2n) is 15.7. The number of nitrogens with one attached hydrogen (secondary N) is 2. The maximum atomic E-state index is 9.90. The molecule has 4 aromatic rings. The monoisotopic (exact) mass is 819 g/mol. The van der Waals surface area contributed by atoms with Gasteiger partial charge in [-0.2, -0.15) is 5.26 Å². The lowest BCUT2D eigenvalue weighted by Crippen LogP contribution is -2.37. The van der Waals surface area contributed by atoms with Gasteiger partial charge in [0.25, 0.3) is 0 Å². The van der Waals surface area contributed by atoms with Crippen molar-refractivity contribution in [3.8, 4) is 40.3 Å². The Bertz CT molecular complexity index is 2050. The van der Waals surface area contributed by atoms with Gasteiger partial charge in [-0.05, 0) is 88.9 Å². The van der Waals surface area contributed by atoms with Crippen LogP contribution in [-0.2, 0) is 4.74 Å². The van der Waals surface area contributed by atoms with E-state index in [4.69, 9.17) is 39.4 Å². The molecule has 4 N–H and O–H groups in total. The molecule has 0 radical (unpaired) electrons. The minimum atomic E-state index is -0.576. The average molecular weight is 820 g/mol. The number of benzene rings is 2. The number of allylic oxidation sites excluding steroid dienone is 2. The van der Waals surface area contributed by atoms with E-state index in [-0.39, 0.29) is 13.2 Å². The number of aliphatic hydroxyl groups is 2. The highest BCUT2D eigenvalue weighted by atomic mass is 16.5. The fraction of sp³-hybridized carbons (Fsp3) is 0.500. The van der Waals surface area contributed by atoms with Crippen LogP contribution in [0.2, 0.25) is 0 Å². The molecule has 2 aromatic carbocycles. The second-order valence-corrected chi connectivity index (χ2v) is 15.7. The summed E-state index contributed by atoms with van der Waals surface area (Å²) in [7, 11) is 7.67. The quantitative estimate of drug-likeness (QED) is 0.0919. The van der Waals surface area contributed by atoms with Crippen LogP contribution in [0.1, 0.15) is 68.7 Å². The summed E-state index contributed by atoms with van der Waals surface area (Å²) in [6.07, 6.45) is 9.23. The standard InChI is InChI=1S/C23H29N5O2.C23H32N4O3/c1-25-15-19(29)16-30-20-10-5-9-18(13-20)23-26-21(17-7-3-4-8-17)14-22(27-23)28(2)12-6-11-24;1-24-14-19(28)15-30-20-5-3-4-17(12-20)23-25-21(16-6-7-16)13-22(26-23)27(2)18-8-10-29-11-9-18/h5,7,9-10,13-14,19,25,29H,3-4,6,8,12,15-16H2,1-2H3;3-5,12-13,16,18-19,24,28H,6-11,14-15H2,1-2H3. The summed E-state index contributed by atoms with van der Waals surface area (Å²) >= 11 is 0. The molecule has 14 heteroatoms. The van der Waals surface area contributed by atoms with Crippen molar-refractivity contribution in [2.75, 3.05) is 84.1 Å². The lowest BCUT2D eigenvalue weighted by molar-refractivity contribution is 0.0853. The highest BCUT2D eigenvalue weighted by molar-refractivity contribution is 5.70. The molecule has 7 rings (SSSR count). The summed E-state index contributed by atoms with van der Waals surface area (Å²) < 4.78 is 17.0. The summed E-state index contributed by atoms with van der Waals surface area (Å²) in [5.74, 6) is 5.05. The van der Waals surface area contributed by atoms with Gasteiger partial charge >= 0.3 is 0 Å². The third-order valence-corrected chi connectivity index (χ3v) is 10.8. The lowest BCUT2D eigenvalue weighted by Gasteiger charge is -2.32. The summed E-state index contributed by atoms with van der Waals surface area (Å²) in [6.45, 7) is 3.64. The van der Waals surface area contributed by atoms with Crippen molar-refractivity contribution in [1.29, 1.82) is 5.26 Å². The van der Waals surface area contributed by atoms with Crippen molar-refractivity contribution in [3.05, 3.63) is 78.1 Å². The topological polar surface area (TPSA) is 174 Å². The number of aliphatic hydroxyl groups excluding tert-OH is 2. The third kappa shape index (κ3) is 12.9. The molecule has 60 heavy (non-hydrogen) atoms. The zero-order chi connectivity index (χ0) is 42.3. The van der Waals surface area contributed by atoms with Crippen LogP contribution in [0.15, 0.2) is 66.7 Å². The molecule has 2 fully saturated rings. The van der Waals surface area contributed by atoms with Gasteiger partial charge in [-0.1, -0.05) is 30.3 Å². The molecule has 2 atom stereocenters. The van der Waals surface area contributed by atoms with Gasteiger partial charge < -0.3 is 44.9 Å². The fourth-order valence-corrected chi connectivity index (χ4v) is 7.19. The van der Waals surface area contributed by atoms with Crippen LogP contribution in [0.4, 0.5) is 11.6 Å². The number of hydrogen-bond acceptors (Lipinski definition) is 14. The van der Waals surface area contributed by atoms with Gasteiger partial charge in [0.2, 0.25) is 0 Å². The summed E-state index contributed by atoms with van der Waals surface area (Å²) in [6, 6.07) is 22.2. The van der Waals surface area contributed by atoms with Crippen molar-refractivity contribution in [1.82, 2.24) is 30.6 Å². The molecule has 2 unspecified atom stereocenters. The normalized spacial score (nSPS) is 16.2. The van der Waals surface area contributed by atoms with Crippen molar-refractivity contribution in [3.63, 3.8) is 0 Å². The van der Waals surface area contributed by atoms with Gasteiger partial charge in [-0.25, -0.2) is 19.9 Å². The Kier molecular flexibility index (Phi) is 16.6. The number of ether oxygens (including phenoxy) is 3. The lowest BCUT2D eigenvalue weighted by atomic mass is 10.1. The fourth-order valence-electron chi connectivity index (χ4n) is 7.19. The Morgan fingerprint density at radius 1 is 0.817 bits per heavy atom. The van der Waals surface area contributed by atoms with Crippen molar-refractivity contribution in [2.45, 2.75) is 75.5 Å². The first kappa shape index (κ1) is 44.4. The minimum absolute atomic E-state index is 0.209. The number of nitrogens with zero attached hydrogens (tertiary/aromatic N) is 7. The van der Waals surface area contributed by atoms with Crippen molar-refractivity contribution < 1.29 is 24.4 Å². The Hall–Kier alpha value is -5.17. The van der Waals surface area contributed by atoms with Crippen molar-refractivity contribution >= 4 is 17.2 Å². The van der Waals surface area contributed by atoms with E-state index in [1.165, 1.54) is 18.4 Å². The molecule has 1 aliphatic heterocycles. The molecule has 1 saturated carbocycles. The number of hydrogen-bond donors (Lipinski definition) is 4. The molecular weight excluding hydrogens is 759 g/mol. The van der Waals surface area contributed by atoms with Crippen LogP contribution >= 0.6 is 0 Å². The van der Waals surface area contributed by atoms with Crippen LogP contribution in [0, 0.1) is 11.3 Å². The maximum Gasteiger partial charge on any atom is 0.162 e. The first-order valence-electron chi connectivity index (χ1n) is 21.2. The SMILES string of the molecule is CNCC(O)COc1cccc(-c2nc(C3=CCCC3)cc(N(C)CCC#N)n2)c1.CNCC(O)COc1cccc(-c2nc(C3CC3)cc(N(C)C3CCOCC3)n2)c1. The predicted molar refractivity (Wildman–Crippen MR) is 235 cm³/mol. The maximum absolute atomic E-state index is 9.90. The first-order valence-corrected chi connectivity index (χ1v) is 21.2. The van der Waals surface area contributed by atoms with Crippen molar-refractivity contribution in [2.24, 2.45) is 0 Å². The number of rotatable bonds is 19. The van der Waals surface area contributed by atoms with E-state index >= 15 is 0 Å². The summed E-state index contributed by atoms with van der Waals surface area (Å²) in [5.41, 5.74) is 5.10. The van der Waals surface area contributed by atoms with Crippen LogP contribution in [0.3, 0.4) is 0 Å². The van der Waals surface area contributed by atoms with E-state index in [0.717, 1.165) is 85.3 Å². The Morgan fingerprint density at radius 2 is 1.43 bits per heavy atom.